The van der Waals surface area contributed by atoms with Gasteiger partial charge in [0.2, 0.25) is 0 Å². The van der Waals surface area contributed by atoms with Crippen LogP contribution in [0.5, 0.6) is 5.75 Å². The molecule has 0 aromatic heterocycles. The summed E-state index contributed by atoms with van der Waals surface area (Å²) in [6.45, 7) is 0.840. The lowest BCUT2D eigenvalue weighted by atomic mass is 9.87. The lowest BCUT2D eigenvalue weighted by Gasteiger charge is -2.26. The second-order valence-electron chi connectivity index (χ2n) is 5.82. The van der Waals surface area contributed by atoms with E-state index in [0.717, 1.165) is 31.6 Å². The van der Waals surface area contributed by atoms with Gasteiger partial charge in [-0.2, -0.15) is 0 Å². The number of fused-ring (bicyclic) bond motifs is 1. The lowest BCUT2D eigenvalue weighted by molar-refractivity contribution is 0.261. The monoisotopic (exact) mass is 281 g/mol. The molecule has 0 saturated carbocycles. The third kappa shape index (κ3) is 3.45. The van der Waals surface area contributed by atoms with Crippen molar-refractivity contribution in [2.24, 2.45) is 5.73 Å². The van der Waals surface area contributed by atoms with Crippen LogP contribution in [0.15, 0.2) is 54.6 Å². The first-order valence-corrected chi connectivity index (χ1v) is 7.87. The highest BCUT2D eigenvalue weighted by atomic mass is 16.5. The highest BCUT2D eigenvalue weighted by Crippen LogP contribution is 2.36. The van der Waals surface area contributed by atoms with Crippen molar-refractivity contribution in [2.45, 2.75) is 37.6 Å². The highest BCUT2D eigenvalue weighted by Gasteiger charge is 2.20. The Morgan fingerprint density at radius 1 is 1.05 bits per heavy atom. The van der Waals surface area contributed by atoms with Crippen LogP contribution in [-0.2, 0) is 0 Å². The quantitative estimate of drug-likeness (QED) is 0.880. The predicted molar refractivity (Wildman–Crippen MR) is 86.5 cm³/mol. The summed E-state index contributed by atoms with van der Waals surface area (Å²) >= 11 is 0. The van der Waals surface area contributed by atoms with Crippen LogP contribution < -0.4 is 10.5 Å². The summed E-state index contributed by atoms with van der Waals surface area (Å²) in [4.78, 5) is 0. The molecule has 2 nitrogen and oxygen atoms in total. The molecule has 2 aromatic carbocycles. The van der Waals surface area contributed by atoms with Gasteiger partial charge in [-0.25, -0.2) is 0 Å². The number of rotatable bonds is 5. The molecule has 2 N–H and O–H groups in total. The maximum atomic E-state index is 6.28. The van der Waals surface area contributed by atoms with Crippen molar-refractivity contribution in [3.63, 3.8) is 0 Å². The van der Waals surface area contributed by atoms with Crippen LogP contribution >= 0.6 is 0 Å². The molecular formula is C19H23NO. The maximum Gasteiger partial charge on any atom is 0.122 e. The molecule has 3 rings (SSSR count). The second kappa shape index (κ2) is 6.77. The molecule has 2 atom stereocenters. The van der Waals surface area contributed by atoms with Crippen molar-refractivity contribution >= 4 is 0 Å². The first-order valence-electron chi connectivity index (χ1n) is 7.87. The average molecular weight is 281 g/mol. The molecule has 2 unspecified atom stereocenters. The van der Waals surface area contributed by atoms with Crippen molar-refractivity contribution < 1.29 is 4.74 Å². The Balaban J connectivity index is 1.55. The van der Waals surface area contributed by atoms with E-state index in [1.807, 2.05) is 12.1 Å². The molecule has 0 spiro atoms. The van der Waals surface area contributed by atoms with Crippen molar-refractivity contribution in [1.82, 2.24) is 0 Å². The van der Waals surface area contributed by atoms with Crippen LogP contribution in [0, 0.1) is 0 Å². The normalized spacial score (nSPS) is 18.6. The van der Waals surface area contributed by atoms with E-state index in [-0.39, 0.29) is 6.04 Å². The van der Waals surface area contributed by atoms with Crippen LogP contribution in [0.25, 0.3) is 0 Å². The minimum Gasteiger partial charge on any atom is -0.493 e. The first kappa shape index (κ1) is 14.2. The van der Waals surface area contributed by atoms with Gasteiger partial charge >= 0.3 is 0 Å². The van der Waals surface area contributed by atoms with Crippen LogP contribution in [0.1, 0.15) is 48.8 Å². The molecule has 21 heavy (non-hydrogen) atoms. The van der Waals surface area contributed by atoms with E-state index in [1.54, 1.807) is 0 Å². The summed E-state index contributed by atoms with van der Waals surface area (Å²) < 4.78 is 5.73. The van der Waals surface area contributed by atoms with E-state index in [4.69, 9.17) is 10.5 Å². The molecule has 0 bridgehead atoms. The molecule has 110 valence electrons. The van der Waals surface area contributed by atoms with E-state index < -0.39 is 0 Å². The first-order chi connectivity index (χ1) is 10.3. The van der Waals surface area contributed by atoms with Gasteiger partial charge in [0.1, 0.15) is 5.75 Å². The van der Waals surface area contributed by atoms with Crippen molar-refractivity contribution in [3.05, 3.63) is 65.7 Å². The van der Waals surface area contributed by atoms with Gasteiger partial charge in [-0.3, -0.25) is 0 Å². The number of hydrogen-bond acceptors (Lipinski definition) is 2. The average Bonchev–Trinajstić information content (AvgIpc) is 2.56. The minimum atomic E-state index is 0.154. The van der Waals surface area contributed by atoms with Gasteiger partial charge < -0.3 is 10.5 Å². The molecule has 0 aliphatic carbocycles. The molecule has 1 aliphatic rings. The second-order valence-corrected chi connectivity index (χ2v) is 5.82. The summed E-state index contributed by atoms with van der Waals surface area (Å²) in [5, 5.41) is 0. The summed E-state index contributed by atoms with van der Waals surface area (Å²) in [6.07, 6.45) is 4.52. The van der Waals surface area contributed by atoms with Gasteiger partial charge in [-0.15, -0.1) is 0 Å². The maximum absolute atomic E-state index is 6.28. The van der Waals surface area contributed by atoms with Crippen molar-refractivity contribution in [1.29, 1.82) is 0 Å². The Morgan fingerprint density at radius 3 is 2.67 bits per heavy atom. The fourth-order valence-corrected chi connectivity index (χ4v) is 3.17. The third-order valence-electron chi connectivity index (χ3n) is 4.38. The van der Waals surface area contributed by atoms with E-state index in [0.29, 0.717) is 5.92 Å². The predicted octanol–water partition coefficient (Wildman–Crippen LogP) is 4.42. The molecule has 1 aliphatic heterocycles. The number of para-hydroxylation sites is 1. The summed E-state index contributed by atoms with van der Waals surface area (Å²) in [7, 11) is 0. The van der Waals surface area contributed by atoms with Gasteiger partial charge in [-0.05, 0) is 42.4 Å². The van der Waals surface area contributed by atoms with Gasteiger partial charge in [0.15, 0.2) is 0 Å². The Labute approximate surface area is 126 Å². The van der Waals surface area contributed by atoms with E-state index in [1.165, 1.54) is 17.5 Å². The SMILES string of the molecule is NC(CCCC1CCOc2ccccc21)c1ccccc1. The van der Waals surface area contributed by atoms with Crippen molar-refractivity contribution in [3.8, 4) is 5.75 Å². The summed E-state index contributed by atoms with van der Waals surface area (Å²) in [5.74, 6) is 1.69. The largest absolute Gasteiger partial charge is 0.493 e. The molecule has 0 radical (unpaired) electrons. The van der Waals surface area contributed by atoms with Gasteiger partial charge in [-0.1, -0.05) is 55.0 Å². The topological polar surface area (TPSA) is 35.2 Å². The number of nitrogens with two attached hydrogens (primary N) is 1. The number of benzene rings is 2. The van der Waals surface area contributed by atoms with Crippen LogP contribution in [0.4, 0.5) is 0 Å². The summed E-state index contributed by atoms with van der Waals surface area (Å²) in [5.41, 5.74) is 8.89. The molecule has 1 heterocycles. The standard InChI is InChI=1S/C19H23NO/c20-18(16-7-2-1-3-8-16)11-6-9-15-13-14-21-19-12-5-4-10-17(15)19/h1-5,7-8,10,12,15,18H,6,9,11,13-14,20H2. The summed E-state index contributed by atoms with van der Waals surface area (Å²) in [6, 6.07) is 19.0. The molecule has 2 aromatic rings. The fraction of sp³-hybridized carbons (Fsp3) is 0.368. The number of hydrogen-bond donors (Lipinski definition) is 1. The Hall–Kier alpha value is -1.80. The lowest BCUT2D eigenvalue weighted by Crippen LogP contribution is -2.15. The molecule has 0 fully saturated rings. The molecule has 0 saturated heterocycles. The zero-order valence-electron chi connectivity index (χ0n) is 12.4. The van der Waals surface area contributed by atoms with E-state index in [2.05, 4.69) is 42.5 Å². The van der Waals surface area contributed by atoms with Gasteiger partial charge in [0.25, 0.3) is 0 Å². The fourth-order valence-electron chi connectivity index (χ4n) is 3.17. The van der Waals surface area contributed by atoms with Gasteiger partial charge in [0.05, 0.1) is 6.61 Å². The van der Waals surface area contributed by atoms with Crippen LogP contribution in [0.3, 0.4) is 0 Å². The highest BCUT2D eigenvalue weighted by molar-refractivity contribution is 5.37. The van der Waals surface area contributed by atoms with Gasteiger partial charge in [0, 0.05) is 6.04 Å². The zero-order chi connectivity index (χ0) is 14.5. The van der Waals surface area contributed by atoms with E-state index in [9.17, 15) is 0 Å². The Bertz CT molecular complexity index is 567. The van der Waals surface area contributed by atoms with E-state index >= 15 is 0 Å². The Kier molecular flexibility index (Phi) is 4.56. The molecular weight excluding hydrogens is 258 g/mol. The molecule has 0 amide bonds. The van der Waals surface area contributed by atoms with Crippen LogP contribution in [0.2, 0.25) is 0 Å². The minimum absolute atomic E-state index is 0.154. The molecule has 2 heteroatoms. The van der Waals surface area contributed by atoms with Crippen molar-refractivity contribution in [2.75, 3.05) is 6.61 Å². The number of ether oxygens (including phenoxy) is 1. The Morgan fingerprint density at radius 2 is 1.81 bits per heavy atom. The zero-order valence-corrected chi connectivity index (χ0v) is 12.4. The third-order valence-corrected chi connectivity index (χ3v) is 4.38. The van der Waals surface area contributed by atoms with Crippen LogP contribution in [-0.4, -0.2) is 6.61 Å². The smallest absolute Gasteiger partial charge is 0.122 e.